The molecule has 0 radical (unpaired) electrons. The molecular formula is C10H14ClN3O2. The molecule has 1 aromatic carbocycles. The van der Waals surface area contributed by atoms with Crippen LogP contribution >= 0.6 is 11.6 Å². The molecule has 0 spiro atoms. The van der Waals surface area contributed by atoms with Crippen LogP contribution in [0.4, 0.5) is 11.4 Å². The molecule has 0 amide bonds. The second-order valence-electron chi connectivity index (χ2n) is 3.73. The van der Waals surface area contributed by atoms with Gasteiger partial charge in [0.1, 0.15) is 5.02 Å². The van der Waals surface area contributed by atoms with Gasteiger partial charge in [-0.3, -0.25) is 10.1 Å². The van der Waals surface area contributed by atoms with Gasteiger partial charge < -0.3 is 11.1 Å². The van der Waals surface area contributed by atoms with Crippen molar-refractivity contribution in [3.63, 3.8) is 0 Å². The Morgan fingerprint density at radius 3 is 2.75 bits per heavy atom. The van der Waals surface area contributed by atoms with Crippen molar-refractivity contribution in [2.75, 3.05) is 11.9 Å². The molecule has 1 rings (SSSR count). The third-order valence-electron chi connectivity index (χ3n) is 2.11. The fourth-order valence-electron chi connectivity index (χ4n) is 1.27. The first-order valence-corrected chi connectivity index (χ1v) is 5.23. The van der Waals surface area contributed by atoms with Crippen LogP contribution in [0.25, 0.3) is 0 Å². The Bertz CT molecular complexity index is 407. The molecule has 88 valence electrons. The second-order valence-corrected chi connectivity index (χ2v) is 4.14. The van der Waals surface area contributed by atoms with Gasteiger partial charge in [0.05, 0.1) is 4.92 Å². The Labute approximate surface area is 98.7 Å². The summed E-state index contributed by atoms with van der Waals surface area (Å²) in [6.07, 6.45) is 0. The monoisotopic (exact) mass is 243 g/mol. The van der Waals surface area contributed by atoms with Gasteiger partial charge in [-0.15, -0.1) is 0 Å². The second kappa shape index (κ2) is 5.14. The average Bonchev–Trinajstić information content (AvgIpc) is 2.18. The minimum absolute atomic E-state index is 0.00775. The SMILES string of the molecule is Cc1cc([N+](=O)[O-])c(Cl)cc1NCC(C)N. The number of anilines is 1. The van der Waals surface area contributed by atoms with Gasteiger partial charge in [-0.2, -0.15) is 0 Å². The minimum atomic E-state index is -0.495. The van der Waals surface area contributed by atoms with Crippen LogP contribution in [0.3, 0.4) is 0 Å². The van der Waals surface area contributed by atoms with E-state index in [-0.39, 0.29) is 16.8 Å². The summed E-state index contributed by atoms with van der Waals surface area (Å²) in [5.74, 6) is 0. The van der Waals surface area contributed by atoms with E-state index in [1.807, 2.05) is 6.92 Å². The number of nitrogens with two attached hydrogens (primary N) is 1. The van der Waals surface area contributed by atoms with Crippen molar-refractivity contribution in [3.05, 3.63) is 32.8 Å². The van der Waals surface area contributed by atoms with Crippen LogP contribution in [0.2, 0.25) is 5.02 Å². The first-order chi connectivity index (χ1) is 7.41. The van der Waals surface area contributed by atoms with E-state index < -0.39 is 4.92 Å². The van der Waals surface area contributed by atoms with Gasteiger partial charge in [0.2, 0.25) is 0 Å². The van der Waals surface area contributed by atoms with Crippen LogP contribution in [-0.2, 0) is 0 Å². The quantitative estimate of drug-likeness (QED) is 0.628. The van der Waals surface area contributed by atoms with Crippen molar-refractivity contribution in [2.24, 2.45) is 5.73 Å². The smallest absolute Gasteiger partial charge is 0.288 e. The van der Waals surface area contributed by atoms with Gasteiger partial charge in [-0.25, -0.2) is 0 Å². The minimum Gasteiger partial charge on any atom is -0.383 e. The summed E-state index contributed by atoms with van der Waals surface area (Å²) < 4.78 is 0. The number of nitrogens with zero attached hydrogens (tertiary/aromatic N) is 1. The van der Waals surface area contributed by atoms with E-state index >= 15 is 0 Å². The maximum absolute atomic E-state index is 10.6. The van der Waals surface area contributed by atoms with Gasteiger partial charge in [-0.1, -0.05) is 11.6 Å². The number of benzene rings is 1. The molecule has 0 saturated heterocycles. The lowest BCUT2D eigenvalue weighted by molar-refractivity contribution is -0.384. The van der Waals surface area contributed by atoms with Crippen LogP contribution in [0.15, 0.2) is 12.1 Å². The Balaban J connectivity index is 2.96. The Morgan fingerprint density at radius 2 is 2.25 bits per heavy atom. The van der Waals surface area contributed by atoms with E-state index in [1.54, 1.807) is 13.0 Å². The lowest BCUT2D eigenvalue weighted by atomic mass is 10.1. The van der Waals surface area contributed by atoms with E-state index in [0.29, 0.717) is 6.54 Å². The maximum Gasteiger partial charge on any atom is 0.288 e. The van der Waals surface area contributed by atoms with Gasteiger partial charge in [0.25, 0.3) is 5.69 Å². The first-order valence-electron chi connectivity index (χ1n) is 4.85. The molecule has 6 heteroatoms. The number of rotatable bonds is 4. The molecule has 16 heavy (non-hydrogen) atoms. The zero-order valence-electron chi connectivity index (χ0n) is 9.16. The van der Waals surface area contributed by atoms with Gasteiger partial charge in [-0.05, 0) is 25.5 Å². The number of nitrogens with one attached hydrogen (secondary N) is 1. The predicted octanol–water partition coefficient (Wildman–Crippen LogP) is 2.32. The third kappa shape index (κ3) is 3.08. The lowest BCUT2D eigenvalue weighted by Gasteiger charge is -2.12. The highest BCUT2D eigenvalue weighted by molar-refractivity contribution is 6.33. The highest BCUT2D eigenvalue weighted by Gasteiger charge is 2.14. The molecule has 0 aliphatic heterocycles. The van der Waals surface area contributed by atoms with E-state index in [2.05, 4.69) is 5.32 Å². The number of aryl methyl sites for hydroxylation is 1. The molecule has 0 aromatic heterocycles. The zero-order chi connectivity index (χ0) is 12.3. The Hall–Kier alpha value is -1.33. The van der Waals surface area contributed by atoms with Crippen molar-refractivity contribution in [1.29, 1.82) is 0 Å². The van der Waals surface area contributed by atoms with Crippen LogP contribution in [0.1, 0.15) is 12.5 Å². The molecule has 3 N–H and O–H groups in total. The van der Waals surface area contributed by atoms with Crippen LogP contribution in [0.5, 0.6) is 0 Å². The predicted molar refractivity (Wildman–Crippen MR) is 65.0 cm³/mol. The van der Waals surface area contributed by atoms with E-state index in [4.69, 9.17) is 17.3 Å². The molecule has 0 saturated carbocycles. The standard InChI is InChI=1S/C10H14ClN3O2/c1-6-3-10(14(15)16)8(11)4-9(6)13-5-7(2)12/h3-4,7,13H,5,12H2,1-2H3. The normalized spacial score (nSPS) is 12.2. The largest absolute Gasteiger partial charge is 0.383 e. The summed E-state index contributed by atoms with van der Waals surface area (Å²) >= 11 is 5.80. The molecule has 0 bridgehead atoms. The van der Waals surface area contributed by atoms with Crippen molar-refractivity contribution in [2.45, 2.75) is 19.9 Å². The summed E-state index contributed by atoms with van der Waals surface area (Å²) in [6.45, 7) is 4.25. The highest BCUT2D eigenvalue weighted by atomic mass is 35.5. The zero-order valence-corrected chi connectivity index (χ0v) is 9.91. The number of nitro groups is 1. The van der Waals surface area contributed by atoms with E-state index in [0.717, 1.165) is 11.3 Å². The Kier molecular flexibility index (Phi) is 4.09. The maximum atomic E-state index is 10.6. The van der Waals surface area contributed by atoms with Crippen molar-refractivity contribution in [1.82, 2.24) is 0 Å². The van der Waals surface area contributed by atoms with Crippen molar-refractivity contribution >= 4 is 23.0 Å². The van der Waals surface area contributed by atoms with E-state index in [1.165, 1.54) is 6.07 Å². The number of nitro benzene ring substituents is 1. The third-order valence-corrected chi connectivity index (χ3v) is 2.41. The number of hydrogen-bond acceptors (Lipinski definition) is 4. The van der Waals surface area contributed by atoms with Crippen molar-refractivity contribution in [3.8, 4) is 0 Å². The summed E-state index contributed by atoms with van der Waals surface area (Å²) in [6, 6.07) is 3.01. The van der Waals surface area contributed by atoms with Gasteiger partial charge >= 0.3 is 0 Å². The molecule has 1 atom stereocenters. The highest BCUT2D eigenvalue weighted by Crippen LogP contribution is 2.30. The number of halogens is 1. The topological polar surface area (TPSA) is 81.2 Å². The lowest BCUT2D eigenvalue weighted by Crippen LogP contribution is -2.25. The molecule has 1 unspecified atom stereocenters. The molecule has 0 heterocycles. The van der Waals surface area contributed by atoms with E-state index in [9.17, 15) is 10.1 Å². The molecule has 0 aliphatic rings. The molecule has 5 nitrogen and oxygen atoms in total. The Morgan fingerprint density at radius 1 is 1.62 bits per heavy atom. The van der Waals surface area contributed by atoms with Gasteiger partial charge in [0, 0.05) is 24.3 Å². The summed E-state index contributed by atoms with van der Waals surface area (Å²) in [5, 5.41) is 13.8. The average molecular weight is 244 g/mol. The van der Waals surface area contributed by atoms with Crippen LogP contribution in [-0.4, -0.2) is 17.5 Å². The summed E-state index contributed by atoms with van der Waals surface area (Å²) in [5.41, 5.74) is 7.07. The summed E-state index contributed by atoms with van der Waals surface area (Å²) in [4.78, 5) is 10.1. The summed E-state index contributed by atoms with van der Waals surface area (Å²) in [7, 11) is 0. The molecule has 0 aliphatic carbocycles. The number of hydrogen-bond donors (Lipinski definition) is 2. The molecular weight excluding hydrogens is 230 g/mol. The van der Waals surface area contributed by atoms with Gasteiger partial charge in [0.15, 0.2) is 0 Å². The van der Waals surface area contributed by atoms with Crippen LogP contribution in [0, 0.1) is 17.0 Å². The first kappa shape index (κ1) is 12.7. The van der Waals surface area contributed by atoms with Crippen LogP contribution < -0.4 is 11.1 Å². The fourth-order valence-corrected chi connectivity index (χ4v) is 1.50. The van der Waals surface area contributed by atoms with Crippen molar-refractivity contribution < 1.29 is 4.92 Å². The molecule has 1 aromatic rings. The fraction of sp³-hybridized carbons (Fsp3) is 0.400. The molecule has 0 fully saturated rings.